The van der Waals surface area contributed by atoms with Crippen LogP contribution in [0.15, 0.2) is 48.5 Å². The SMILES string of the molecule is CCc1ccccc1NC(=O)Cn1nnc(-c2cccc(Cl)c2)n1. The zero-order chi connectivity index (χ0) is 16.9. The zero-order valence-corrected chi connectivity index (χ0v) is 13.9. The molecule has 6 nitrogen and oxygen atoms in total. The van der Waals surface area contributed by atoms with E-state index in [2.05, 4.69) is 20.7 Å². The molecular weight excluding hydrogens is 326 g/mol. The molecule has 3 aromatic rings. The Morgan fingerprint density at radius 1 is 1.21 bits per heavy atom. The zero-order valence-electron chi connectivity index (χ0n) is 13.1. The minimum Gasteiger partial charge on any atom is -0.324 e. The molecule has 1 N–H and O–H groups in total. The van der Waals surface area contributed by atoms with Gasteiger partial charge in [-0.05, 0) is 35.4 Å². The summed E-state index contributed by atoms with van der Waals surface area (Å²) in [5.74, 6) is 0.227. The summed E-state index contributed by atoms with van der Waals surface area (Å²) in [6.07, 6.45) is 0.844. The minimum absolute atomic E-state index is 0.00832. The van der Waals surface area contributed by atoms with E-state index in [-0.39, 0.29) is 12.5 Å². The molecule has 0 aliphatic rings. The molecule has 0 aliphatic carbocycles. The highest BCUT2D eigenvalue weighted by Crippen LogP contribution is 2.18. The number of benzene rings is 2. The standard InChI is InChI=1S/C17H16ClN5O/c1-2-12-6-3-4-9-15(12)19-16(24)11-23-21-17(20-22-23)13-7-5-8-14(18)10-13/h3-10H,2,11H2,1H3,(H,19,24). The number of nitrogens with one attached hydrogen (secondary N) is 1. The number of hydrogen-bond acceptors (Lipinski definition) is 4. The molecule has 0 aliphatic heterocycles. The Bertz CT molecular complexity index is 861. The van der Waals surface area contributed by atoms with Gasteiger partial charge in [0.15, 0.2) is 0 Å². The Morgan fingerprint density at radius 3 is 2.83 bits per heavy atom. The Balaban J connectivity index is 1.69. The molecule has 0 spiro atoms. The number of hydrogen-bond donors (Lipinski definition) is 1. The number of amides is 1. The molecule has 0 radical (unpaired) electrons. The third kappa shape index (κ3) is 3.78. The van der Waals surface area contributed by atoms with Gasteiger partial charge in [0.25, 0.3) is 0 Å². The maximum atomic E-state index is 12.2. The number of rotatable bonds is 5. The highest BCUT2D eigenvalue weighted by molar-refractivity contribution is 6.30. The van der Waals surface area contributed by atoms with Crippen LogP contribution in [0, 0.1) is 0 Å². The van der Waals surface area contributed by atoms with Crippen molar-refractivity contribution in [2.45, 2.75) is 19.9 Å². The van der Waals surface area contributed by atoms with Gasteiger partial charge in [-0.25, -0.2) is 0 Å². The number of carbonyl (C=O) groups excluding carboxylic acids is 1. The summed E-state index contributed by atoms with van der Waals surface area (Å²) in [6, 6.07) is 14.9. The lowest BCUT2D eigenvalue weighted by Gasteiger charge is -2.08. The fraction of sp³-hybridized carbons (Fsp3) is 0.176. The summed E-state index contributed by atoms with van der Waals surface area (Å²) in [6.45, 7) is 2.03. The lowest BCUT2D eigenvalue weighted by atomic mass is 10.1. The molecule has 24 heavy (non-hydrogen) atoms. The van der Waals surface area contributed by atoms with Gasteiger partial charge in [-0.1, -0.05) is 48.9 Å². The van der Waals surface area contributed by atoms with E-state index in [1.165, 1.54) is 4.80 Å². The van der Waals surface area contributed by atoms with Crippen LogP contribution in [0.25, 0.3) is 11.4 Å². The molecule has 3 rings (SSSR count). The van der Waals surface area contributed by atoms with E-state index in [0.717, 1.165) is 23.2 Å². The third-order valence-corrected chi connectivity index (χ3v) is 3.73. The molecule has 0 bridgehead atoms. The highest BCUT2D eigenvalue weighted by atomic mass is 35.5. The van der Waals surface area contributed by atoms with E-state index in [4.69, 9.17) is 11.6 Å². The number of carbonyl (C=O) groups is 1. The first-order valence-corrected chi connectivity index (χ1v) is 7.95. The van der Waals surface area contributed by atoms with Crippen LogP contribution in [0.2, 0.25) is 5.02 Å². The Hall–Kier alpha value is -2.73. The summed E-state index contributed by atoms with van der Waals surface area (Å²) in [4.78, 5) is 13.5. The topological polar surface area (TPSA) is 72.7 Å². The molecule has 1 aromatic heterocycles. The summed E-state index contributed by atoms with van der Waals surface area (Å²) < 4.78 is 0. The summed E-state index contributed by atoms with van der Waals surface area (Å²) >= 11 is 5.96. The monoisotopic (exact) mass is 341 g/mol. The van der Waals surface area contributed by atoms with Crippen molar-refractivity contribution >= 4 is 23.2 Å². The smallest absolute Gasteiger partial charge is 0.248 e. The molecule has 2 aromatic carbocycles. The molecule has 7 heteroatoms. The molecule has 0 saturated heterocycles. The van der Waals surface area contributed by atoms with Crippen molar-refractivity contribution in [3.63, 3.8) is 0 Å². The Labute approximate surface area is 144 Å². The summed E-state index contributed by atoms with van der Waals surface area (Å²) in [5, 5.41) is 15.6. The molecule has 0 saturated carbocycles. The van der Waals surface area contributed by atoms with E-state index in [1.807, 2.05) is 43.3 Å². The van der Waals surface area contributed by atoms with Crippen molar-refractivity contribution in [2.75, 3.05) is 5.32 Å². The first-order chi connectivity index (χ1) is 11.7. The molecule has 122 valence electrons. The molecule has 1 amide bonds. The van der Waals surface area contributed by atoms with Gasteiger partial charge in [0.2, 0.25) is 11.7 Å². The maximum absolute atomic E-state index is 12.2. The molecule has 0 fully saturated rings. The Kier molecular flexibility index (Phi) is 4.86. The lowest BCUT2D eigenvalue weighted by Crippen LogP contribution is -2.21. The first kappa shape index (κ1) is 16.1. The third-order valence-electron chi connectivity index (χ3n) is 3.49. The number of tetrazole rings is 1. The number of aromatic nitrogens is 4. The molecule has 1 heterocycles. The number of anilines is 1. The summed E-state index contributed by atoms with van der Waals surface area (Å²) in [5.41, 5.74) is 2.64. The Morgan fingerprint density at radius 2 is 2.04 bits per heavy atom. The van der Waals surface area contributed by atoms with Gasteiger partial charge in [-0.15, -0.1) is 10.2 Å². The van der Waals surface area contributed by atoms with Gasteiger partial charge in [0.05, 0.1) is 0 Å². The van der Waals surface area contributed by atoms with Crippen LogP contribution >= 0.6 is 11.6 Å². The van der Waals surface area contributed by atoms with Gasteiger partial charge in [0, 0.05) is 16.3 Å². The number of nitrogens with zero attached hydrogens (tertiary/aromatic N) is 4. The first-order valence-electron chi connectivity index (χ1n) is 7.57. The van der Waals surface area contributed by atoms with E-state index >= 15 is 0 Å². The van der Waals surface area contributed by atoms with Crippen LogP contribution < -0.4 is 5.32 Å². The average molecular weight is 342 g/mol. The fourth-order valence-corrected chi connectivity index (χ4v) is 2.51. The number of halogens is 1. The largest absolute Gasteiger partial charge is 0.324 e. The van der Waals surface area contributed by atoms with Gasteiger partial charge < -0.3 is 5.32 Å². The second-order valence-corrected chi connectivity index (χ2v) is 5.65. The second-order valence-electron chi connectivity index (χ2n) is 5.21. The van der Waals surface area contributed by atoms with Crippen LogP contribution in [-0.2, 0) is 17.8 Å². The quantitative estimate of drug-likeness (QED) is 0.773. The molecular formula is C17H16ClN5O. The van der Waals surface area contributed by atoms with Gasteiger partial charge in [-0.3, -0.25) is 4.79 Å². The lowest BCUT2D eigenvalue weighted by molar-refractivity contribution is -0.117. The van der Waals surface area contributed by atoms with Crippen LogP contribution in [0.1, 0.15) is 12.5 Å². The normalized spacial score (nSPS) is 10.6. The van der Waals surface area contributed by atoms with Crippen molar-refractivity contribution in [3.05, 3.63) is 59.1 Å². The predicted octanol–water partition coefficient (Wildman–Crippen LogP) is 3.19. The van der Waals surface area contributed by atoms with Crippen molar-refractivity contribution in [2.24, 2.45) is 0 Å². The van der Waals surface area contributed by atoms with Gasteiger partial charge >= 0.3 is 0 Å². The summed E-state index contributed by atoms with van der Waals surface area (Å²) in [7, 11) is 0. The maximum Gasteiger partial charge on any atom is 0.248 e. The minimum atomic E-state index is -0.203. The average Bonchev–Trinajstić information content (AvgIpc) is 3.03. The predicted molar refractivity (Wildman–Crippen MR) is 92.7 cm³/mol. The van der Waals surface area contributed by atoms with E-state index in [1.54, 1.807) is 12.1 Å². The van der Waals surface area contributed by atoms with Crippen molar-refractivity contribution in [1.29, 1.82) is 0 Å². The van der Waals surface area contributed by atoms with E-state index in [0.29, 0.717) is 10.8 Å². The van der Waals surface area contributed by atoms with Gasteiger partial charge in [-0.2, -0.15) is 4.80 Å². The second kappa shape index (κ2) is 7.23. The van der Waals surface area contributed by atoms with Crippen LogP contribution in [0.3, 0.4) is 0 Å². The van der Waals surface area contributed by atoms with E-state index in [9.17, 15) is 4.79 Å². The fourth-order valence-electron chi connectivity index (χ4n) is 2.32. The van der Waals surface area contributed by atoms with Crippen LogP contribution in [0.4, 0.5) is 5.69 Å². The highest BCUT2D eigenvalue weighted by Gasteiger charge is 2.11. The van der Waals surface area contributed by atoms with Crippen molar-refractivity contribution in [1.82, 2.24) is 20.2 Å². The molecule has 0 unspecified atom stereocenters. The van der Waals surface area contributed by atoms with Crippen LogP contribution in [-0.4, -0.2) is 26.1 Å². The van der Waals surface area contributed by atoms with Crippen molar-refractivity contribution in [3.8, 4) is 11.4 Å². The van der Waals surface area contributed by atoms with Gasteiger partial charge in [0.1, 0.15) is 6.54 Å². The van der Waals surface area contributed by atoms with E-state index < -0.39 is 0 Å². The number of para-hydroxylation sites is 1. The van der Waals surface area contributed by atoms with Crippen LogP contribution in [0.5, 0.6) is 0 Å². The van der Waals surface area contributed by atoms with Crippen molar-refractivity contribution < 1.29 is 4.79 Å². The number of aryl methyl sites for hydroxylation is 1. The molecule has 0 atom stereocenters.